The van der Waals surface area contributed by atoms with Crippen LogP contribution in [0.5, 0.6) is 0 Å². The second-order valence-corrected chi connectivity index (χ2v) is 5.74. The van der Waals surface area contributed by atoms with E-state index in [0.29, 0.717) is 6.04 Å². The molecule has 1 aromatic rings. The van der Waals surface area contributed by atoms with Crippen molar-refractivity contribution in [2.24, 2.45) is 0 Å². The highest BCUT2D eigenvalue weighted by Crippen LogP contribution is 2.12. The van der Waals surface area contributed by atoms with E-state index in [9.17, 15) is 0 Å². The Bertz CT molecular complexity index is 420. The van der Waals surface area contributed by atoms with Gasteiger partial charge in [-0.3, -0.25) is 9.88 Å². The van der Waals surface area contributed by atoms with Crippen molar-refractivity contribution in [3.63, 3.8) is 0 Å². The van der Waals surface area contributed by atoms with Crippen molar-refractivity contribution in [2.75, 3.05) is 13.1 Å². The molecule has 0 radical (unpaired) electrons. The van der Waals surface area contributed by atoms with Gasteiger partial charge in [0.1, 0.15) is 0 Å². The molecule has 3 heteroatoms. The van der Waals surface area contributed by atoms with Gasteiger partial charge < -0.3 is 5.32 Å². The van der Waals surface area contributed by atoms with Crippen molar-refractivity contribution in [3.8, 4) is 0 Å². The molecule has 0 unspecified atom stereocenters. The number of hydrogen-bond acceptors (Lipinski definition) is 3. The van der Waals surface area contributed by atoms with Crippen LogP contribution in [0.25, 0.3) is 0 Å². The summed E-state index contributed by atoms with van der Waals surface area (Å²) in [5.74, 6) is 0. The number of pyridine rings is 1. The van der Waals surface area contributed by atoms with Crippen molar-refractivity contribution in [2.45, 2.75) is 46.3 Å². The average molecular weight is 259 g/mol. The minimum atomic E-state index is 0.516. The Morgan fingerprint density at radius 1 is 1.37 bits per heavy atom. The fraction of sp³-hybridized carbons (Fsp3) is 0.562. The summed E-state index contributed by atoms with van der Waals surface area (Å²) in [6.45, 7) is 10.6. The maximum atomic E-state index is 4.57. The van der Waals surface area contributed by atoms with Crippen LogP contribution < -0.4 is 5.32 Å². The van der Waals surface area contributed by atoms with E-state index in [0.717, 1.165) is 26.2 Å². The number of rotatable bonds is 5. The summed E-state index contributed by atoms with van der Waals surface area (Å²) in [6.07, 6.45) is 5.50. The molecule has 2 rings (SSSR count). The molecule has 1 aliphatic heterocycles. The molecule has 1 aliphatic rings. The molecule has 0 spiro atoms. The van der Waals surface area contributed by atoms with Crippen LogP contribution in [-0.4, -0.2) is 29.0 Å². The van der Waals surface area contributed by atoms with E-state index in [2.05, 4.69) is 54.2 Å². The van der Waals surface area contributed by atoms with Crippen LogP contribution in [0.15, 0.2) is 30.0 Å². The largest absolute Gasteiger partial charge is 0.310 e. The summed E-state index contributed by atoms with van der Waals surface area (Å²) in [5, 5.41) is 3.41. The Morgan fingerprint density at radius 2 is 2.21 bits per heavy atom. The van der Waals surface area contributed by atoms with Crippen LogP contribution in [0.4, 0.5) is 0 Å². The average Bonchev–Trinajstić information content (AvgIpc) is 2.38. The summed E-state index contributed by atoms with van der Waals surface area (Å²) < 4.78 is 0. The van der Waals surface area contributed by atoms with Crippen LogP contribution >= 0.6 is 0 Å². The first-order valence-electron chi connectivity index (χ1n) is 7.18. The molecule has 1 aromatic heterocycles. The number of nitrogens with zero attached hydrogens (tertiary/aromatic N) is 2. The SMILES string of the molecule is CC1=CCCN(Cc2ccc(CNC(C)C)cn2)C1. The zero-order valence-corrected chi connectivity index (χ0v) is 12.3. The van der Waals surface area contributed by atoms with Crippen molar-refractivity contribution in [3.05, 3.63) is 41.2 Å². The molecule has 0 saturated heterocycles. The molecule has 0 amide bonds. The van der Waals surface area contributed by atoms with E-state index in [-0.39, 0.29) is 0 Å². The molecule has 0 fully saturated rings. The Kier molecular flexibility index (Phi) is 5.11. The molecule has 3 nitrogen and oxygen atoms in total. The molecule has 0 aliphatic carbocycles. The van der Waals surface area contributed by atoms with Gasteiger partial charge in [-0.1, -0.05) is 31.6 Å². The van der Waals surface area contributed by atoms with Crippen molar-refractivity contribution < 1.29 is 0 Å². The zero-order chi connectivity index (χ0) is 13.7. The van der Waals surface area contributed by atoms with Gasteiger partial charge in [-0.05, 0) is 25.0 Å². The fourth-order valence-electron chi connectivity index (χ4n) is 2.33. The van der Waals surface area contributed by atoms with E-state index in [1.165, 1.54) is 23.3 Å². The summed E-state index contributed by atoms with van der Waals surface area (Å²) in [7, 11) is 0. The van der Waals surface area contributed by atoms with E-state index in [1.54, 1.807) is 0 Å². The minimum absolute atomic E-state index is 0.516. The molecular formula is C16H25N3. The van der Waals surface area contributed by atoms with Gasteiger partial charge in [-0.2, -0.15) is 0 Å². The van der Waals surface area contributed by atoms with Gasteiger partial charge in [-0.15, -0.1) is 0 Å². The third kappa shape index (κ3) is 4.77. The molecule has 0 atom stereocenters. The van der Waals surface area contributed by atoms with Crippen LogP contribution in [0.3, 0.4) is 0 Å². The third-order valence-corrected chi connectivity index (χ3v) is 3.40. The lowest BCUT2D eigenvalue weighted by Crippen LogP contribution is -2.29. The van der Waals surface area contributed by atoms with Gasteiger partial charge in [0.15, 0.2) is 0 Å². The lowest BCUT2D eigenvalue weighted by molar-refractivity contribution is 0.279. The highest BCUT2D eigenvalue weighted by Gasteiger charge is 2.10. The Morgan fingerprint density at radius 3 is 2.84 bits per heavy atom. The zero-order valence-electron chi connectivity index (χ0n) is 12.3. The first-order chi connectivity index (χ1) is 9.13. The maximum absolute atomic E-state index is 4.57. The van der Waals surface area contributed by atoms with E-state index < -0.39 is 0 Å². The Balaban J connectivity index is 1.86. The first-order valence-corrected chi connectivity index (χ1v) is 7.18. The van der Waals surface area contributed by atoms with E-state index >= 15 is 0 Å². The van der Waals surface area contributed by atoms with Gasteiger partial charge in [0.05, 0.1) is 5.69 Å². The molecule has 19 heavy (non-hydrogen) atoms. The quantitative estimate of drug-likeness (QED) is 0.824. The smallest absolute Gasteiger partial charge is 0.0544 e. The predicted octanol–water partition coefficient (Wildman–Crippen LogP) is 2.73. The third-order valence-electron chi connectivity index (χ3n) is 3.40. The molecule has 0 bridgehead atoms. The van der Waals surface area contributed by atoms with Crippen molar-refractivity contribution in [1.29, 1.82) is 0 Å². The molecular weight excluding hydrogens is 234 g/mol. The van der Waals surface area contributed by atoms with Crippen LogP contribution in [0.2, 0.25) is 0 Å². The van der Waals surface area contributed by atoms with E-state index in [4.69, 9.17) is 0 Å². The maximum Gasteiger partial charge on any atom is 0.0544 e. The highest BCUT2D eigenvalue weighted by molar-refractivity contribution is 5.15. The molecule has 104 valence electrons. The molecule has 0 saturated carbocycles. The molecule has 2 heterocycles. The predicted molar refractivity (Wildman–Crippen MR) is 79.9 cm³/mol. The van der Waals surface area contributed by atoms with Crippen LogP contribution in [-0.2, 0) is 13.1 Å². The summed E-state index contributed by atoms with van der Waals surface area (Å²) in [4.78, 5) is 7.04. The summed E-state index contributed by atoms with van der Waals surface area (Å²) in [6, 6.07) is 4.86. The minimum Gasteiger partial charge on any atom is -0.310 e. The topological polar surface area (TPSA) is 28.2 Å². The normalized spacial score (nSPS) is 16.7. The highest BCUT2D eigenvalue weighted by atomic mass is 15.1. The number of hydrogen-bond donors (Lipinski definition) is 1. The standard InChI is InChI=1S/C16H25N3/c1-13(2)17-9-15-6-7-16(18-10-15)12-19-8-4-5-14(3)11-19/h5-7,10,13,17H,4,8-9,11-12H2,1-3H3. The first kappa shape index (κ1) is 14.2. The lowest BCUT2D eigenvalue weighted by Gasteiger charge is -2.25. The molecule has 0 aromatic carbocycles. The van der Waals surface area contributed by atoms with Crippen molar-refractivity contribution in [1.82, 2.24) is 15.2 Å². The lowest BCUT2D eigenvalue weighted by atomic mass is 10.1. The van der Waals surface area contributed by atoms with Gasteiger partial charge in [0, 0.05) is 38.4 Å². The Hall–Kier alpha value is -1.19. The number of aromatic nitrogens is 1. The molecule has 1 N–H and O–H groups in total. The van der Waals surface area contributed by atoms with Gasteiger partial charge in [-0.25, -0.2) is 0 Å². The fourth-order valence-corrected chi connectivity index (χ4v) is 2.33. The summed E-state index contributed by atoms with van der Waals surface area (Å²) in [5.41, 5.74) is 3.90. The second-order valence-electron chi connectivity index (χ2n) is 5.74. The van der Waals surface area contributed by atoms with Gasteiger partial charge in [0.2, 0.25) is 0 Å². The second kappa shape index (κ2) is 6.83. The van der Waals surface area contributed by atoms with Gasteiger partial charge >= 0.3 is 0 Å². The van der Waals surface area contributed by atoms with Crippen LogP contribution in [0.1, 0.15) is 38.4 Å². The van der Waals surface area contributed by atoms with Crippen molar-refractivity contribution >= 4 is 0 Å². The van der Waals surface area contributed by atoms with E-state index in [1.807, 2.05) is 6.20 Å². The monoisotopic (exact) mass is 259 g/mol. The van der Waals surface area contributed by atoms with Gasteiger partial charge in [0.25, 0.3) is 0 Å². The van der Waals surface area contributed by atoms with Crippen LogP contribution in [0, 0.1) is 0 Å². The Labute approximate surface area is 116 Å². The number of nitrogens with one attached hydrogen (secondary N) is 1. The summed E-state index contributed by atoms with van der Waals surface area (Å²) >= 11 is 0.